The van der Waals surface area contributed by atoms with Gasteiger partial charge in [0.05, 0.1) is 11.2 Å². The maximum atomic E-state index is 10.8. The van der Waals surface area contributed by atoms with Crippen LogP contribution in [0.15, 0.2) is 12.3 Å². The topological polar surface area (TPSA) is 86.2 Å². The molecule has 2 fully saturated rings. The first-order chi connectivity index (χ1) is 10.0. The zero-order chi connectivity index (χ0) is 15.0. The summed E-state index contributed by atoms with van der Waals surface area (Å²) in [5, 5.41) is 18.6. The molecule has 4 N–H and O–H groups in total. The molecule has 1 aliphatic carbocycles. The molecular weight excluding hydrogens is 264 g/mol. The number of pyridine rings is 1. The summed E-state index contributed by atoms with van der Waals surface area (Å²) in [7, 11) is 0. The highest BCUT2D eigenvalue weighted by molar-refractivity contribution is 6.01. The number of nitrogen functional groups attached to an aromatic ring is 1. The molecule has 2 atom stereocenters. The molecule has 1 saturated heterocycles. The van der Waals surface area contributed by atoms with Crippen molar-refractivity contribution in [2.24, 2.45) is 11.7 Å². The quantitative estimate of drug-likeness (QED) is 0.572. The minimum atomic E-state index is -0.491. The summed E-state index contributed by atoms with van der Waals surface area (Å²) in [6.45, 7) is 3.56. The van der Waals surface area contributed by atoms with E-state index >= 15 is 0 Å². The summed E-state index contributed by atoms with van der Waals surface area (Å²) >= 11 is 0. The number of hydrogen-bond donors (Lipinski definition) is 3. The standard InChI is InChI=1S/C16H24N4O/c1-11-5-8-19-15(13(11)14(17)18)20-9-7-16(21)6-3-2-4-12(16)10-20/h5,8,12,21H,2-4,6-7,9-10H2,1H3,(H3,17,18). The predicted octanol–water partition coefficient (Wildman–Crippen LogP) is 1.81. The number of aliphatic hydroxyl groups is 1. The fraction of sp³-hybridized carbons (Fsp3) is 0.625. The van der Waals surface area contributed by atoms with E-state index in [1.54, 1.807) is 6.20 Å². The molecule has 1 aromatic heterocycles. The first-order valence-corrected chi connectivity index (χ1v) is 7.78. The van der Waals surface area contributed by atoms with Gasteiger partial charge < -0.3 is 15.7 Å². The molecule has 3 rings (SSSR count). The van der Waals surface area contributed by atoms with E-state index in [2.05, 4.69) is 9.88 Å². The van der Waals surface area contributed by atoms with Gasteiger partial charge in [0, 0.05) is 25.2 Å². The van der Waals surface area contributed by atoms with Crippen LogP contribution in [0.4, 0.5) is 5.82 Å². The average molecular weight is 288 g/mol. The van der Waals surface area contributed by atoms with Crippen LogP contribution in [-0.2, 0) is 0 Å². The van der Waals surface area contributed by atoms with E-state index in [4.69, 9.17) is 11.1 Å². The molecule has 2 aliphatic rings. The number of piperidine rings is 1. The molecule has 2 unspecified atom stereocenters. The summed E-state index contributed by atoms with van der Waals surface area (Å²) in [6.07, 6.45) is 6.89. The number of rotatable bonds is 2. The van der Waals surface area contributed by atoms with Crippen LogP contribution in [0.3, 0.4) is 0 Å². The molecule has 21 heavy (non-hydrogen) atoms. The second-order valence-electron chi connectivity index (χ2n) is 6.48. The number of hydrogen-bond acceptors (Lipinski definition) is 4. The molecular formula is C16H24N4O. The number of amidine groups is 1. The third kappa shape index (κ3) is 2.50. The van der Waals surface area contributed by atoms with Gasteiger partial charge in [-0.2, -0.15) is 0 Å². The van der Waals surface area contributed by atoms with E-state index in [-0.39, 0.29) is 5.84 Å². The molecule has 1 aromatic rings. The molecule has 114 valence electrons. The van der Waals surface area contributed by atoms with E-state index in [1.807, 2.05) is 13.0 Å². The van der Waals surface area contributed by atoms with Crippen molar-refractivity contribution in [3.05, 3.63) is 23.4 Å². The Morgan fingerprint density at radius 3 is 3.05 bits per heavy atom. The van der Waals surface area contributed by atoms with Crippen LogP contribution in [0.1, 0.15) is 43.2 Å². The van der Waals surface area contributed by atoms with Crippen LogP contribution < -0.4 is 10.6 Å². The fourth-order valence-electron chi connectivity index (χ4n) is 3.88. The van der Waals surface area contributed by atoms with Crippen LogP contribution in [-0.4, -0.2) is 34.6 Å². The molecule has 0 radical (unpaired) electrons. The highest BCUT2D eigenvalue weighted by Gasteiger charge is 2.43. The van der Waals surface area contributed by atoms with Crippen LogP contribution in [0, 0.1) is 18.3 Å². The maximum absolute atomic E-state index is 10.8. The third-order valence-electron chi connectivity index (χ3n) is 5.14. The second kappa shape index (κ2) is 5.30. The molecule has 0 amide bonds. The summed E-state index contributed by atoms with van der Waals surface area (Å²) in [5.74, 6) is 1.18. The smallest absolute Gasteiger partial charge is 0.139 e. The minimum absolute atomic E-state index is 0.0695. The van der Waals surface area contributed by atoms with Gasteiger partial charge in [-0.05, 0) is 37.8 Å². The van der Waals surface area contributed by atoms with E-state index in [0.717, 1.165) is 55.7 Å². The molecule has 2 heterocycles. The lowest BCUT2D eigenvalue weighted by molar-refractivity contribution is -0.0613. The normalized spacial score (nSPS) is 29.0. The summed E-state index contributed by atoms with van der Waals surface area (Å²) in [4.78, 5) is 6.67. The number of aromatic nitrogens is 1. The Bertz CT molecular complexity index is 559. The summed E-state index contributed by atoms with van der Waals surface area (Å²) in [6, 6.07) is 1.89. The number of aryl methyl sites for hydroxylation is 1. The molecule has 0 spiro atoms. The van der Waals surface area contributed by atoms with Crippen LogP contribution in [0.5, 0.6) is 0 Å². The van der Waals surface area contributed by atoms with Gasteiger partial charge in [0.25, 0.3) is 0 Å². The van der Waals surface area contributed by atoms with Crippen molar-refractivity contribution in [3.8, 4) is 0 Å². The maximum Gasteiger partial charge on any atom is 0.139 e. The van der Waals surface area contributed by atoms with Crippen LogP contribution >= 0.6 is 0 Å². The average Bonchev–Trinajstić information content (AvgIpc) is 2.45. The van der Waals surface area contributed by atoms with Crippen molar-refractivity contribution in [2.45, 2.75) is 44.6 Å². The molecule has 0 bridgehead atoms. The Hall–Kier alpha value is -1.62. The van der Waals surface area contributed by atoms with Gasteiger partial charge in [-0.1, -0.05) is 12.8 Å². The zero-order valence-electron chi connectivity index (χ0n) is 12.6. The molecule has 1 aliphatic heterocycles. The molecule has 5 heteroatoms. The van der Waals surface area contributed by atoms with Gasteiger partial charge in [-0.15, -0.1) is 0 Å². The predicted molar refractivity (Wildman–Crippen MR) is 83.7 cm³/mol. The minimum Gasteiger partial charge on any atom is -0.389 e. The highest BCUT2D eigenvalue weighted by Crippen LogP contribution is 2.41. The molecule has 1 saturated carbocycles. The van der Waals surface area contributed by atoms with Gasteiger partial charge >= 0.3 is 0 Å². The lowest BCUT2D eigenvalue weighted by atomic mass is 9.71. The monoisotopic (exact) mass is 288 g/mol. The third-order valence-corrected chi connectivity index (χ3v) is 5.14. The van der Waals surface area contributed by atoms with Crippen molar-refractivity contribution < 1.29 is 5.11 Å². The van der Waals surface area contributed by atoms with Crippen molar-refractivity contribution in [1.82, 2.24) is 4.98 Å². The zero-order valence-corrected chi connectivity index (χ0v) is 12.6. The lowest BCUT2D eigenvalue weighted by Crippen LogP contribution is -2.53. The van der Waals surface area contributed by atoms with Crippen molar-refractivity contribution in [2.75, 3.05) is 18.0 Å². The molecule has 0 aromatic carbocycles. The Balaban J connectivity index is 1.89. The van der Waals surface area contributed by atoms with Crippen LogP contribution in [0.25, 0.3) is 0 Å². The Labute approximate surface area is 125 Å². The van der Waals surface area contributed by atoms with E-state index in [0.29, 0.717) is 5.92 Å². The number of anilines is 1. The fourth-order valence-corrected chi connectivity index (χ4v) is 3.88. The van der Waals surface area contributed by atoms with Gasteiger partial charge in [0.15, 0.2) is 0 Å². The Morgan fingerprint density at radius 1 is 1.48 bits per heavy atom. The van der Waals surface area contributed by atoms with E-state index < -0.39 is 5.60 Å². The SMILES string of the molecule is Cc1ccnc(N2CCC3(O)CCCCC3C2)c1C(=N)N. The largest absolute Gasteiger partial charge is 0.389 e. The summed E-state index contributed by atoms with van der Waals surface area (Å²) in [5.41, 5.74) is 6.97. The number of nitrogens with zero attached hydrogens (tertiary/aromatic N) is 2. The van der Waals surface area contributed by atoms with Gasteiger partial charge in [0.1, 0.15) is 11.7 Å². The van der Waals surface area contributed by atoms with E-state index in [9.17, 15) is 5.11 Å². The highest BCUT2D eigenvalue weighted by atomic mass is 16.3. The van der Waals surface area contributed by atoms with Gasteiger partial charge in [0.2, 0.25) is 0 Å². The first kappa shape index (κ1) is 14.3. The van der Waals surface area contributed by atoms with Crippen molar-refractivity contribution >= 4 is 11.7 Å². The number of fused-ring (bicyclic) bond motifs is 1. The van der Waals surface area contributed by atoms with Crippen molar-refractivity contribution in [1.29, 1.82) is 5.41 Å². The van der Waals surface area contributed by atoms with E-state index in [1.165, 1.54) is 6.42 Å². The van der Waals surface area contributed by atoms with Gasteiger partial charge in [-0.25, -0.2) is 4.98 Å². The Kier molecular flexibility index (Phi) is 3.61. The van der Waals surface area contributed by atoms with Crippen LogP contribution in [0.2, 0.25) is 0 Å². The Morgan fingerprint density at radius 2 is 2.29 bits per heavy atom. The number of nitrogens with two attached hydrogens (primary N) is 1. The lowest BCUT2D eigenvalue weighted by Gasteiger charge is -2.48. The van der Waals surface area contributed by atoms with Gasteiger partial charge in [-0.3, -0.25) is 5.41 Å². The number of nitrogens with one attached hydrogen (secondary N) is 1. The first-order valence-electron chi connectivity index (χ1n) is 7.78. The van der Waals surface area contributed by atoms with Crippen molar-refractivity contribution in [3.63, 3.8) is 0 Å². The second-order valence-corrected chi connectivity index (χ2v) is 6.48. The molecule has 5 nitrogen and oxygen atoms in total. The summed E-state index contributed by atoms with van der Waals surface area (Å²) < 4.78 is 0.